The van der Waals surface area contributed by atoms with Crippen molar-refractivity contribution in [3.8, 4) is 5.75 Å². The summed E-state index contributed by atoms with van der Waals surface area (Å²) in [6, 6.07) is 12.9. The lowest BCUT2D eigenvalue weighted by Gasteiger charge is -2.21. The number of halogens is 1. The summed E-state index contributed by atoms with van der Waals surface area (Å²) in [6.07, 6.45) is 0. The predicted octanol–water partition coefficient (Wildman–Crippen LogP) is 4.77. The topological polar surface area (TPSA) is 21.3 Å². The minimum atomic E-state index is 0.114. The smallest absolute Gasteiger partial charge is 0.124 e. The van der Waals surface area contributed by atoms with Crippen molar-refractivity contribution in [1.29, 1.82) is 0 Å². The summed E-state index contributed by atoms with van der Waals surface area (Å²) in [5.41, 5.74) is 4.96. The van der Waals surface area contributed by atoms with Crippen LogP contribution in [0.4, 0.5) is 0 Å². The second-order valence-corrected chi connectivity index (χ2v) is 6.17. The van der Waals surface area contributed by atoms with Crippen molar-refractivity contribution >= 4 is 15.9 Å². The van der Waals surface area contributed by atoms with Crippen LogP contribution in [0.5, 0.6) is 5.75 Å². The van der Waals surface area contributed by atoms with Crippen LogP contribution in [0.3, 0.4) is 0 Å². The van der Waals surface area contributed by atoms with Gasteiger partial charge in [0, 0.05) is 10.0 Å². The first-order valence-corrected chi connectivity index (χ1v) is 8.02. The molecule has 1 N–H and O–H groups in total. The van der Waals surface area contributed by atoms with Gasteiger partial charge in [-0.25, -0.2) is 0 Å². The molecule has 0 aliphatic carbocycles. The van der Waals surface area contributed by atoms with Gasteiger partial charge in [-0.3, -0.25) is 0 Å². The molecule has 2 rings (SSSR count). The maximum absolute atomic E-state index is 5.80. The third-order valence-corrected chi connectivity index (χ3v) is 3.94. The first kappa shape index (κ1) is 16.1. The summed E-state index contributed by atoms with van der Waals surface area (Å²) in [5, 5.41) is 3.41. The van der Waals surface area contributed by atoms with Gasteiger partial charge in [0.25, 0.3) is 0 Å². The van der Waals surface area contributed by atoms with E-state index in [-0.39, 0.29) is 6.04 Å². The monoisotopic (exact) mass is 347 g/mol. The molecule has 0 aliphatic heterocycles. The SMILES string of the molecule is CCOc1ccc(Br)cc1C(NC)c1cc(C)cc(C)c1. The van der Waals surface area contributed by atoms with Gasteiger partial charge in [-0.05, 0) is 51.6 Å². The first-order chi connectivity index (χ1) is 10.0. The van der Waals surface area contributed by atoms with E-state index < -0.39 is 0 Å². The first-order valence-electron chi connectivity index (χ1n) is 7.22. The molecule has 2 aromatic carbocycles. The van der Waals surface area contributed by atoms with E-state index >= 15 is 0 Å². The van der Waals surface area contributed by atoms with E-state index in [1.165, 1.54) is 16.7 Å². The molecular formula is C18H22BrNO. The van der Waals surface area contributed by atoms with Gasteiger partial charge in [-0.15, -0.1) is 0 Å². The zero-order valence-electron chi connectivity index (χ0n) is 13.0. The highest BCUT2D eigenvalue weighted by Gasteiger charge is 2.17. The molecule has 3 heteroatoms. The van der Waals surface area contributed by atoms with Gasteiger partial charge in [-0.2, -0.15) is 0 Å². The van der Waals surface area contributed by atoms with Crippen molar-refractivity contribution in [3.63, 3.8) is 0 Å². The van der Waals surface area contributed by atoms with Crippen molar-refractivity contribution < 1.29 is 4.74 Å². The Kier molecular flexibility index (Phi) is 5.43. The lowest BCUT2D eigenvalue weighted by atomic mass is 9.95. The lowest BCUT2D eigenvalue weighted by Crippen LogP contribution is -2.19. The Morgan fingerprint density at radius 2 is 1.76 bits per heavy atom. The average molecular weight is 348 g/mol. The molecule has 0 heterocycles. The fraction of sp³-hybridized carbons (Fsp3) is 0.333. The molecule has 2 nitrogen and oxygen atoms in total. The van der Waals surface area contributed by atoms with E-state index in [1.54, 1.807) is 0 Å². The summed E-state index contributed by atoms with van der Waals surface area (Å²) < 4.78 is 6.86. The molecule has 0 amide bonds. The van der Waals surface area contributed by atoms with Crippen LogP contribution in [0.25, 0.3) is 0 Å². The molecule has 0 radical (unpaired) electrons. The second-order valence-electron chi connectivity index (χ2n) is 5.26. The molecule has 0 aromatic heterocycles. The van der Waals surface area contributed by atoms with Gasteiger partial charge in [0.15, 0.2) is 0 Å². The second kappa shape index (κ2) is 7.10. The molecule has 0 spiro atoms. The molecule has 0 fully saturated rings. The van der Waals surface area contributed by atoms with Crippen molar-refractivity contribution in [2.45, 2.75) is 26.8 Å². The van der Waals surface area contributed by atoms with E-state index in [2.05, 4.69) is 59.4 Å². The molecule has 0 saturated heterocycles. The van der Waals surface area contributed by atoms with Gasteiger partial charge in [-0.1, -0.05) is 45.3 Å². The largest absolute Gasteiger partial charge is 0.494 e. The number of hydrogen-bond acceptors (Lipinski definition) is 2. The van der Waals surface area contributed by atoms with Crippen molar-refractivity contribution in [1.82, 2.24) is 5.32 Å². The number of hydrogen-bond donors (Lipinski definition) is 1. The minimum Gasteiger partial charge on any atom is -0.494 e. The summed E-state index contributed by atoms with van der Waals surface area (Å²) in [6.45, 7) is 6.94. The van der Waals surface area contributed by atoms with Gasteiger partial charge < -0.3 is 10.1 Å². The van der Waals surface area contributed by atoms with Crippen LogP contribution in [0.1, 0.15) is 35.2 Å². The van der Waals surface area contributed by atoms with Crippen LogP contribution in [0.2, 0.25) is 0 Å². The van der Waals surface area contributed by atoms with E-state index in [0.29, 0.717) is 6.61 Å². The zero-order valence-corrected chi connectivity index (χ0v) is 14.6. The molecule has 21 heavy (non-hydrogen) atoms. The van der Waals surface area contributed by atoms with Crippen molar-refractivity contribution in [2.24, 2.45) is 0 Å². The Morgan fingerprint density at radius 3 is 2.33 bits per heavy atom. The summed E-state index contributed by atoms with van der Waals surface area (Å²) >= 11 is 3.56. The average Bonchev–Trinajstić information content (AvgIpc) is 2.41. The van der Waals surface area contributed by atoms with Crippen LogP contribution in [-0.2, 0) is 0 Å². The number of ether oxygens (including phenoxy) is 1. The van der Waals surface area contributed by atoms with Crippen LogP contribution in [0, 0.1) is 13.8 Å². The van der Waals surface area contributed by atoms with Gasteiger partial charge >= 0.3 is 0 Å². The zero-order chi connectivity index (χ0) is 15.4. The van der Waals surface area contributed by atoms with E-state index in [0.717, 1.165) is 15.8 Å². The standard InChI is InChI=1S/C18H22BrNO/c1-5-21-17-7-6-15(19)11-16(17)18(20-4)14-9-12(2)8-13(3)10-14/h6-11,18,20H,5H2,1-4H3. The lowest BCUT2D eigenvalue weighted by molar-refractivity contribution is 0.334. The van der Waals surface area contributed by atoms with E-state index in [1.807, 2.05) is 26.1 Å². The molecule has 1 unspecified atom stereocenters. The van der Waals surface area contributed by atoms with Crippen LogP contribution >= 0.6 is 15.9 Å². The number of rotatable bonds is 5. The molecule has 1 atom stereocenters. The molecule has 2 aromatic rings. The fourth-order valence-corrected chi connectivity index (χ4v) is 3.09. The minimum absolute atomic E-state index is 0.114. The summed E-state index contributed by atoms with van der Waals surface area (Å²) in [7, 11) is 1.99. The highest BCUT2D eigenvalue weighted by Crippen LogP contribution is 2.33. The summed E-state index contributed by atoms with van der Waals surface area (Å²) in [4.78, 5) is 0. The molecular weight excluding hydrogens is 326 g/mol. The molecule has 112 valence electrons. The van der Waals surface area contributed by atoms with Crippen LogP contribution in [0.15, 0.2) is 40.9 Å². The maximum atomic E-state index is 5.80. The Hall–Kier alpha value is -1.32. The third-order valence-electron chi connectivity index (χ3n) is 3.45. The molecule has 0 saturated carbocycles. The normalized spacial score (nSPS) is 12.2. The van der Waals surface area contributed by atoms with Crippen molar-refractivity contribution in [3.05, 3.63) is 63.1 Å². The van der Waals surface area contributed by atoms with E-state index in [9.17, 15) is 0 Å². The van der Waals surface area contributed by atoms with Gasteiger partial charge in [0.1, 0.15) is 5.75 Å². The highest BCUT2D eigenvalue weighted by atomic mass is 79.9. The van der Waals surface area contributed by atoms with Gasteiger partial charge in [0.2, 0.25) is 0 Å². The van der Waals surface area contributed by atoms with Crippen LogP contribution < -0.4 is 10.1 Å². The number of aryl methyl sites for hydroxylation is 2. The Morgan fingerprint density at radius 1 is 1.10 bits per heavy atom. The molecule has 0 bridgehead atoms. The fourth-order valence-electron chi connectivity index (χ4n) is 2.71. The molecule has 0 aliphatic rings. The third kappa shape index (κ3) is 3.86. The van der Waals surface area contributed by atoms with Crippen molar-refractivity contribution in [2.75, 3.05) is 13.7 Å². The Labute approximate surface area is 135 Å². The number of nitrogens with one attached hydrogen (secondary N) is 1. The Balaban J connectivity index is 2.52. The number of benzene rings is 2. The Bertz CT molecular complexity index is 604. The maximum Gasteiger partial charge on any atom is 0.124 e. The summed E-state index contributed by atoms with van der Waals surface area (Å²) in [5.74, 6) is 0.930. The predicted molar refractivity (Wildman–Crippen MR) is 92.1 cm³/mol. The highest BCUT2D eigenvalue weighted by molar-refractivity contribution is 9.10. The van der Waals surface area contributed by atoms with E-state index in [4.69, 9.17) is 4.74 Å². The van der Waals surface area contributed by atoms with Crippen LogP contribution in [-0.4, -0.2) is 13.7 Å². The quantitative estimate of drug-likeness (QED) is 0.840. The van der Waals surface area contributed by atoms with Gasteiger partial charge in [0.05, 0.1) is 12.6 Å².